The van der Waals surface area contributed by atoms with Crippen LogP contribution in [-0.2, 0) is 6.54 Å². The van der Waals surface area contributed by atoms with Gasteiger partial charge in [-0.2, -0.15) is 0 Å². The minimum absolute atomic E-state index is 0.341. The molecular weight excluding hydrogens is 371 g/mol. The molecule has 0 fully saturated rings. The van der Waals surface area contributed by atoms with Crippen molar-refractivity contribution in [3.63, 3.8) is 0 Å². The zero-order chi connectivity index (χ0) is 16.2. The molecule has 1 unspecified atom stereocenters. The molecule has 3 rings (SSSR count). The van der Waals surface area contributed by atoms with E-state index in [9.17, 15) is 0 Å². The number of hydrogen-bond donors (Lipinski definition) is 0. The van der Waals surface area contributed by atoms with Gasteiger partial charge in [-0.3, -0.25) is 0 Å². The van der Waals surface area contributed by atoms with E-state index < -0.39 is 0 Å². The van der Waals surface area contributed by atoms with Crippen LogP contribution in [0.4, 0.5) is 0 Å². The summed E-state index contributed by atoms with van der Waals surface area (Å²) in [6.07, 6.45) is 5.76. The van der Waals surface area contributed by atoms with Crippen LogP contribution >= 0.6 is 11.6 Å². The van der Waals surface area contributed by atoms with E-state index in [0.29, 0.717) is 19.8 Å². The molecule has 0 spiro atoms. The summed E-state index contributed by atoms with van der Waals surface area (Å²) in [6, 6.07) is 14.8. The first-order chi connectivity index (χ1) is 11.1. The molecule has 118 valence electrons. The number of aromatic nitrogens is 2. The predicted molar refractivity (Wildman–Crippen MR) is 97.7 cm³/mol. The van der Waals surface area contributed by atoms with Crippen LogP contribution in [0.3, 0.4) is 0 Å². The molecule has 2 aromatic carbocycles. The molecule has 0 aliphatic carbocycles. The Labute approximate surface area is 148 Å². The molecular formula is C19H19ClN2Se. The second-order valence-corrected chi connectivity index (χ2v) is 8.62. The van der Waals surface area contributed by atoms with Gasteiger partial charge in [0.05, 0.1) is 0 Å². The SMILES string of the molecule is Cc1cccc(C)c1[Se]C(Cn1ccnc1)c1ccc(Cl)cc1. The molecule has 1 heterocycles. The van der Waals surface area contributed by atoms with Crippen LogP contribution in [0.5, 0.6) is 0 Å². The molecule has 4 heteroatoms. The van der Waals surface area contributed by atoms with E-state index >= 15 is 0 Å². The van der Waals surface area contributed by atoms with Crippen molar-refractivity contribution in [1.29, 1.82) is 0 Å². The normalized spacial score (nSPS) is 12.3. The molecule has 0 bridgehead atoms. The Balaban J connectivity index is 1.93. The molecule has 0 aliphatic rings. The van der Waals surface area contributed by atoms with E-state index in [1.54, 1.807) is 0 Å². The van der Waals surface area contributed by atoms with Crippen molar-refractivity contribution >= 4 is 31.0 Å². The van der Waals surface area contributed by atoms with Crippen molar-refractivity contribution in [2.45, 2.75) is 25.2 Å². The van der Waals surface area contributed by atoms with E-state index in [1.165, 1.54) is 21.2 Å². The average molecular weight is 390 g/mol. The van der Waals surface area contributed by atoms with Gasteiger partial charge in [0.1, 0.15) is 0 Å². The summed E-state index contributed by atoms with van der Waals surface area (Å²) in [5.74, 6) is 0. The molecule has 1 atom stereocenters. The molecule has 0 aliphatic heterocycles. The van der Waals surface area contributed by atoms with Gasteiger partial charge >= 0.3 is 149 Å². The van der Waals surface area contributed by atoms with Gasteiger partial charge in [-0.15, -0.1) is 0 Å². The molecule has 2 nitrogen and oxygen atoms in total. The van der Waals surface area contributed by atoms with Gasteiger partial charge in [0.2, 0.25) is 0 Å². The Morgan fingerprint density at radius 3 is 2.39 bits per heavy atom. The van der Waals surface area contributed by atoms with Crippen LogP contribution in [0.25, 0.3) is 0 Å². The number of halogens is 1. The third-order valence-corrected chi connectivity index (χ3v) is 7.42. The third kappa shape index (κ3) is 4.06. The van der Waals surface area contributed by atoms with Crippen molar-refractivity contribution in [1.82, 2.24) is 9.55 Å². The zero-order valence-electron chi connectivity index (χ0n) is 13.2. The van der Waals surface area contributed by atoms with Gasteiger partial charge in [-0.05, 0) is 0 Å². The standard InChI is InChI=1S/C19H19ClN2Se/c1-14-4-3-5-15(2)19(14)23-18(12-22-11-10-21-13-22)16-6-8-17(20)9-7-16/h3-11,13,18H,12H2,1-2H3. The minimum atomic E-state index is 0.341. The Kier molecular flexibility index (Phi) is 5.22. The van der Waals surface area contributed by atoms with Gasteiger partial charge in [0.25, 0.3) is 0 Å². The fraction of sp³-hybridized carbons (Fsp3) is 0.211. The summed E-state index contributed by atoms with van der Waals surface area (Å²) >= 11 is 6.40. The summed E-state index contributed by atoms with van der Waals surface area (Å²) < 4.78 is 3.66. The fourth-order valence-corrected chi connectivity index (χ4v) is 5.52. The van der Waals surface area contributed by atoms with Crippen molar-refractivity contribution in [3.8, 4) is 0 Å². The first-order valence-electron chi connectivity index (χ1n) is 7.57. The molecule has 23 heavy (non-hydrogen) atoms. The van der Waals surface area contributed by atoms with Crippen LogP contribution in [0.1, 0.15) is 21.5 Å². The van der Waals surface area contributed by atoms with Crippen LogP contribution in [-0.4, -0.2) is 24.5 Å². The number of rotatable bonds is 5. The van der Waals surface area contributed by atoms with E-state index in [4.69, 9.17) is 11.6 Å². The zero-order valence-corrected chi connectivity index (χ0v) is 15.7. The van der Waals surface area contributed by atoms with Gasteiger partial charge < -0.3 is 0 Å². The van der Waals surface area contributed by atoms with Crippen molar-refractivity contribution in [2.75, 3.05) is 0 Å². The predicted octanol–water partition coefficient (Wildman–Crippen LogP) is 3.92. The average Bonchev–Trinajstić information content (AvgIpc) is 3.04. The van der Waals surface area contributed by atoms with Crippen molar-refractivity contribution in [2.24, 2.45) is 0 Å². The van der Waals surface area contributed by atoms with Gasteiger partial charge in [-0.25, -0.2) is 0 Å². The van der Waals surface area contributed by atoms with Crippen LogP contribution < -0.4 is 4.46 Å². The van der Waals surface area contributed by atoms with Crippen molar-refractivity contribution in [3.05, 3.63) is 82.9 Å². The summed E-state index contributed by atoms with van der Waals surface area (Å²) in [7, 11) is 0. The van der Waals surface area contributed by atoms with Gasteiger partial charge in [0.15, 0.2) is 0 Å². The summed E-state index contributed by atoms with van der Waals surface area (Å²) in [4.78, 5) is 4.63. The first kappa shape index (κ1) is 16.3. The van der Waals surface area contributed by atoms with E-state index in [0.717, 1.165) is 11.6 Å². The monoisotopic (exact) mass is 390 g/mol. The van der Waals surface area contributed by atoms with Crippen LogP contribution in [0.15, 0.2) is 61.2 Å². The summed E-state index contributed by atoms with van der Waals surface area (Å²) in [6.45, 7) is 5.36. The van der Waals surface area contributed by atoms with E-state index in [-0.39, 0.29) is 0 Å². The molecule has 0 saturated heterocycles. The second-order valence-electron chi connectivity index (χ2n) is 5.64. The summed E-state index contributed by atoms with van der Waals surface area (Å²) in [5.41, 5.74) is 4.11. The Morgan fingerprint density at radius 2 is 1.78 bits per heavy atom. The molecule has 0 amide bonds. The molecule has 0 N–H and O–H groups in total. The fourth-order valence-electron chi connectivity index (χ4n) is 2.60. The quantitative estimate of drug-likeness (QED) is 0.605. The maximum absolute atomic E-state index is 6.06. The number of nitrogens with zero attached hydrogens (tertiary/aromatic N) is 2. The maximum atomic E-state index is 6.06. The van der Waals surface area contributed by atoms with Gasteiger partial charge in [-0.1, -0.05) is 0 Å². The van der Waals surface area contributed by atoms with E-state index in [1.807, 2.05) is 30.9 Å². The number of hydrogen-bond acceptors (Lipinski definition) is 1. The number of benzene rings is 2. The molecule has 0 saturated carbocycles. The van der Waals surface area contributed by atoms with Crippen LogP contribution in [0.2, 0.25) is 5.02 Å². The number of aryl methyl sites for hydroxylation is 2. The Bertz CT molecular complexity index is 746. The Hall–Kier alpha value is -1.54. The molecule has 0 radical (unpaired) electrons. The van der Waals surface area contributed by atoms with Crippen LogP contribution in [0, 0.1) is 13.8 Å². The molecule has 1 aromatic heterocycles. The second kappa shape index (κ2) is 7.35. The van der Waals surface area contributed by atoms with E-state index in [2.05, 4.69) is 53.7 Å². The van der Waals surface area contributed by atoms with Gasteiger partial charge in [0, 0.05) is 0 Å². The topological polar surface area (TPSA) is 17.8 Å². The Morgan fingerprint density at radius 1 is 1.09 bits per heavy atom. The van der Waals surface area contributed by atoms with Crippen molar-refractivity contribution < 1.29 is 0 Å². The molecule has 3 aromatic rings. The first-order valence-corrected chi connectivity index (χ1v) is 9.80. The number of imidazole rings is 1. The third-order valence-electron chi connectivity index (χ3n) is 3.85. The summed E-state index contributed by atoms with van der Waals surface area (Å²) in [5, 5.41) is 0.787.